The van der Waals surface area contributed by atoms with Crippen molar-refractivity contribution in [2.75, 3.05) is 0 Å². The second-order valence-electron chi connectivity index (χ2n) is 4.89. The van der Waals surface area contributed by atoms with Crippen LogP contribution in [0, 0.1) is 6.92 Å². The molecule has 3 rings (SSSR count). The van der Waals surface area contributed by atoms with Crippen molar-refractivity contribution < 1.29 is 4.74 Å². The van der Waals surface area contributed by atoms with Gasteiger partial charge in [0.25, 0.3) is 0 Å². The third-order valence-electron chi connectivity index (χ3n) is 3.56. The van der Waals surface area contributed by atoms with E-state index in [9.17, 15) is 0 Å². The van der Waals surface area contributed by atoms with E-state index in [2.05, 4.69) is 47.8 Å². The van der Waals surface area contributed by atoms with Crippen LogP contribution in [0.15, 0.2) is 48.9 Å². The zero-order chi connectivity index (χ0) is 13.9. The summed E-state index contributed by atoms with van der Waals surface area (Å²) in [5.41, 5.74) is 3.79. The average molecular weight is 266 g/mol. The van der Waals surface area contributed by atoms with Gasteiger partial charge in [-0.2, -0.15) is 0 Å². The van der Waals surface area contributed by atoms with E-state index in [0.29, 0.717) is 6.61 Å². The summed E-state index contributed by atoms with van der Waals surface area (Å²) in [5, 5.41) is 1.30. The molecule has 0 spiro atoms. The number of rotatable bonds is 4. The van der Waals surface area contributed by atoms with Crippen LogP contribution in [0.2, 0.25) is 0 Å². The highest BCUT2D eigenvalue weighted by molar-refractivity contribution is 5.87. The summed E-state index contributed by atoms with van der Waals surface area (Å²) < 4.78 is 8.11. The van der Waals surface area contributed by atoms with Gasteiger partial charge < -0.3 is 9.30 Å². The van der Waals surface area contributed by atoms with Crippen molar-refractivity contribution in [3.8, 4) is 5.75 Å². The average Bonchev–Trinajstić information content (AvgIpc) is 2.86. The van der Waals surface area contributed by atoms with Crippen LogP contribution in [0.3, 0.4) is 0 Å². The Hall–Kier alpha value is -2.29. The van der Waals surface area contributed by atoms with Crippen LogP contribution >= 0.6 is 0 Å². The molecule has 0 radical (unpaired) electrons. The third-order valence-corrected chi connectivity index (χ3v) is 3.56. The lowest BCUT2D eigenvalue weighted by atomic mass is 10.1. The van der Waals surface area contributed by atoms with E-state index in [1.54, 1.807) is 12.4 Å². The van der Waals surface area contributed by atoms with E-state index >= 15 is 0 Å². The molecule has 0 unspecified atom stereocenters. The van der Waals surface area contributed by atoms with Crippen molar-refractivity contribution in [1.82, 2.24) is 9.55 Å². The Bertz CT molecular complexity index is 716. The van der Waals surface area contributed by atoms with E-state index in [1.807, 2.05) is 12.1 Å². The molecule has 0 N–H and O–H groups in total. The molecular weight excluding hydrogens is 248 g/mol. The maximum Gasteiger partial charge on any atom is 0.138 e. The molecule has 3 aromatic rings. The first-order valence-corrected chi connectivity index (χ1v) is 6.89. The summed E-state index contributed by atoms with van der Waals surface area (Å²) in [4.78, 5) is 4.07. The predicted octanol–water partition coefficient (Wildman–Crippen LogP) is 3.94. The van der Waals surface area contributed by atoms with Gasteiger partial charge in [-0.3, -0.25) is 4.98 Å². The number of nitrogens with zero attached hydrogens (tertiary/aromatic N) is 2. The second-order valence-corrected chi connectivity index (χ2v) is 4.89. The molecule has 102 valence electrons. The second kappa shape index (κ2) is 5.37. The molecule has 0 fully saturated rings. The van der Waals surface area contributed by atoms with Crippen molar-refractivity contribution in [3.05, 3.63) is 60.0 Å². The van der Waals surface area contributed by atoms with Gasteiger partial charge in [0.1, 0.15) is 12.4 Å². The van der Waals surface area contributed by atoms with Gasteiger partial charge in [0.05, 0.1) is 6.20 Å². The molecule has 0 saturated heterocycles. The van der Waals surface area contributed by atoms with Crippen LogP contribution in [0.1, 0.15) is 18.1 Å². The summed E-state index contributed by atoms with van der Waals surface area (Å²) in [6, 6.07) is 10.2. The monoisotopic (exact) mass is 266 g/mol. The Balaban J connectivity index is 1.95. The fraction of sp³-hybridized carbons (Fsp3) is 0.235. The Morgan fingerprint density at radius 3 is 2.85 bits per heavy atom. The van der Waals surface area contributed by atoms with Gasteiger partial charge >= 0.3 is 0 Å². The van der Waals surface area contributed by atoms with Crippen LogP contribution in [0.4, 0.5) is 0 Å². The molecule has 0 bridgehead atoms. The smallest absolute Gasteiger partial charge is 0.138 e. The molecule has 0 aliphatic heterocycles. The fourth-order valence-corrected chi connectivity index (χ4v) is 2.60. The van der Waals surface area contributed by atoms with Crippen LogP contribution in [-0.2, 0) is 13.2 Å². The zero-order valence-corrected chi connectivity index (χ0v) is 11.8. The highest BCUT2D eigenvalue weighted by atomic mass is 16.5. The van der Waals surface area contributed by atoms with Crippen molar-refractivity contribution in [2.24, 2.45) is 0 Å². The van der Waals surface area contributed by atoms with E-state index in [1.165, 1.54) is 22.0 Å². The number of aryl methyl sites for hydroxylation is 2. The van der Waals surface area contributed by atoms with Crippen LogP contribution in [0.5, 0.6) is 5.75 Å². The zero-order valence-electron chi connectivity index (χ0n) is 11.8. The summed E-state index contributed by atoms with van der Waals surface area (Å²) in [6.07, 6.45) is 5.68. The summed E-state index contributed by atoms with van der Waals surface area (Å²) >= 11 is 0. The molecule has 3 heteroatoms. The Morgan fingerprint density at radius 2 is 2.10 bits per heavy atom. The number of fused-ring (bicyclic) bond motifs is 1. The predicted molar refractivity (Wildman–Crippen MR) is 80.9 cm³/mol. The number of aromatic nitrogens is 2. The molecule has 0 saturated carbocycles. The number of hydrogen-bond donors (Lipinski definition) is 0. The first kappa shape index (κ1) is 12.7. The summed E-state index contributed by atoms with van der Waals surface area (Å²) in [5.74, 6) is 0.804. The highest BCUT2D eigenvalue weighted by Crippen LogP contribution is 2.26. The van der Waals surface area contributed by atoms with Gasteiger partial charge in [-0.15, -0.1) is 0 Å². The van der Waals surface area contributed by atoms with Crippen molar-refractivity contribution >= 4 is 10.9 Å². The van der Waals surface area contributed by atoms with E-state index in [-0.39, 0.29) is 0 Å². The lowest BCUT2D eigenvalue weighted by Gasteiger charge is -2.05. The van der Waals surface area contributed by atoms with E-state index in [0.717, 1.165) is 12.3 Å². The molecule has 20 heavy (non-hydrogen) atoms. The molecule has 0 atom stereocenters. The first-order chi connectivity index (χ1) is 9.79. The highest BCUT2D eigenvalue weighted by Gasteiger charge is 2.10. The molecule has 2 aromatic heterocycles. The maximum atomic E-state index is 5.84. The standard InChI is InChI=1S/C17H18N2O/c1-3-19-11-14(12-20-15-7-5-9-18-10-15)17-13(2)6-4-8-16(17)19/h4-11H,3,12H2,1-2H3. The fourth-order valence-electron chi connectivity index (χ4n) is 2.60. The summed E-state index contributed by atoms with van der Waals surface area (Å²) in [7, 11) is 0. The maximum absolute atomic E-state index is 5.84. The number of hydrogen-bond acceptors (Lipinski definition) is 2. The van der Waals surface area contributed by atoms with Crippen LogP contribution in [-0.4, -0.2) is 9.55 Å². The van der Waals surface area contributed by atoms with Crippen molar-refractivity contribution in [2.45, 2.75) is 27.0 Å². The van der Waals surface area contributed by atoms with Gasteiger partial charge in [0.2, 0.25) is 0 Å². The Kier molecular flexibility index (Phi) is 3.42. The minimum absolute atomic E-state index is 0.569. The Morgan fingerprint density at radius 1 is 1.20 bits per heavy atom. The molecule has 0 aliphatic rings. The lowest BCUT2D eigenvalue weighted by Crippen LogP contribution is -1.95. The normalized spacial score (nSPS) is 10.9. The number of benzene rings is 1. The number of ether oxygens (including phenoxy) is 1. The van der Waals surface area contributed by atoms with Crippen LogP contribution < -0.4 is 4.74 Å². The number of pyridine rings is 1. The minimum atomic E-state index is 0.569. The third kappa shape index (κ3) is 2.27. The van der Waals surface area contributed by atoms with Crippen LogP contribution in [0.25, 0.3) is 10.9 Å². The lowest BCUT2D eigenvalue weighted by molar-refractivity contribution is 0.306. The van der Waals surface area contributed by atoms with Gasteiger partial charge in [-0.25, -0.2) is 0 Å². The largest absolute Gasteiger partial charge is 0.487 e. The molecule has 0 amide bonds. The topological polar surface area (TPSA) is 27.1 Å². The molecule has 3 nitrogen and oxygen atoms in total. The van der Waals surface area contributed by atoms with E-state index in [4.69, 9.17) is 4.74 Å². The summed E-state index contributed by atoms with van der Waals surface area (Å²) in [6.45, 7) is 5.84. The van der Waals surface area contributed by atoms with Gasteiger partial charge in [0.15, 0.2) is 0 Å². The molecule has 0 aliphatic carbocycles. The molecule has 2 heterocycles. The first-order valence-electron chi connectivity index (χ1n) is 6.89. The van der Waals surface area contributed by atoms with Gasteiger partial charge in [-0.05, 0) is 37.6 Å². The van der Waals surface area contributed by atoms with Gasteiger partial charge in [0, 0.05) is 35.4 Å². The van der Waals surface area contributed by atoms with Crippen molar-refractivity contribution in [1.29, 1.82) is 0 Å². The Labute approximate surface area is 118 Å². The quantitative estimate of drug-likeness (QED) is 0.715. The van der Waals surface area contributed by atoms with Gasteiger partial charge in [-0.1, -0.05) is 12.1 Å². The molecule has 1 aromatic carbocycles. The van der Waals surface area contributed by atoms with E-state index < -0.39 is 0 Å². The molecular formula is C17H18N2O. The SMILES string of the molecule is CCn1cc(COc2cccnc2)c2c(C)cccc21. The van der Waals surface area contributed by atoms with Crippen molar-refractivity contribution in [3.63, 3.8) is 0 Å². The minimum Gasteiger partial charge on any atom is -0.487 e.